The lowest BCUT2D eigenvalue weighted by Gasteiger charge is -2.12. The molecule has 0 aliphatic carbocycles. The Morgan fingerprint density at radius 1 is 1.20 bits per heavy atom. The van der Waals surface area contributed by atoms with E-state index in [1.54, 1.807) is 36.0 Å². The van der Waals surface area contributed by atoms with Gasteiger partial charge in [0, 0.05) is 20.8 Å². The molecule has 20 heavy (non-hydrogen) atoms. The maximum absolute atomic E-state index is 9.91. The van der Waals surface area contributed by atoms with Gasteiger partial charge in [0.15, 0.2) is 0 Å². The van der Waals surface area contributed by atoms with E-state index in [9.17, 15) is 5.11 Å². The maximum atomic E-state index is 9.91. The first-order valence-electron chi connectivity index (χ1n) is 6.18. The lowest BCUT2D eigenvalue weighted by Crippen LogP contribution is -2.20. The molecule has 5 heteroatoms. The Bertz CT molecular complexity index is 548. The van der Waals surface area contributed by atoms with Crippen molar-refractivity contribution in [2.75, 3.05) is 18.1 Å². The van der Waals surface area contributed by atoms with Crippen LogP contribution in [0.15, 0.2) is 57.9 Å². The number of ether oxygens (including phenoxy) is 1. The summed E-state index contributed by atoms with van der Waals surface area (Å²) < 4.78 is 6.54. The Labute approximate surface area is 131 Å². The van der Waals surface area contributed by atoms with Crippen molar-refractivity contribution in [1.29, 1.82) is 0 Å². The summed E-state index contributed by atoms with van der Waals surface area (Å²) in [6.07, 6.45) is -0.517. The number of aliphatic hydroxyl groups excluding tert-OH is 1. The van der Waals surface area contributed by atoms with E-state index in [0.29, 0.717) is 17.2 Å². The molecule has 1 unspecified atom stereocenters. The van der Waals surface area contributed by atoms with Gasteiger partial charge in [-0.3, -0.25) is 0 Å². The Morgan fingerprint density at radius 3 is 2.65 bits per heavy atom. The van der Waals surface area contributed by atoms with Crippen molar-refractivity contribution in [2.24, 2.45) is 0 Å². The number of anilines is 1. The van der Waals surface area contributed by atoms with Crippen LogP contribution in [0.3, 0.4) is 0 Å². The summed E-state index contributed by atoms with van der Waals surface area (Å²) in [5, 5.41) is 9.91. The van der Waals surface area contributed by atoms with Crippen LogP contribution < -0.4 is 10.5 Å². The van der Waals surface area contributed by atoms with Crippen LogP contribution in [0, 0.1) is 0 Å². The van der Waals surface area contributed by atoms with Gasteiger partial charge in [0.1, 0.15) is 12.4 Å². The topological polar surface area (TPSA) is 55.5 Å². The van der Waals surface area contributed by atoms with Crippen LogP contribution in [0.4, 0.5) is 5.69 Å². The van der Waals surface area contributed by atoms with E-state index in [-0.39, 0.29) is 6.61 Å². The molecule has 0 spiro atoms. The van der Waals surface area contributed by atoms with E-state index in [0.717, 1.165) is 9.37 Å². The summed E-state index contributed by atoms with van der Waals surface area (Å²) in [7, 11) is 0. The van der Waals surface area contributed by atoms with Crippen molar-refractivity contribution < 1.29 is 9.84 Å². The summed E-state index contributed by atoms with van der Waals surface area (Å²) in [5.74, 6) is 1.30. The molecule has 0 fully saturated rings. The zero-order chi connectivity index (χ0) is 14.4. The first-order chi connectivity index (χ1) is 9.63. The summed E-state index contributed by atoms with van der Waals surface area (Å²) in [4.78, 5) is 1.12. The van der Waals surface area contributed by atoms with E-state index in [1.165, 1.54) is 0 Å². The maximum Gasteiger partial charge on any atom is 0.119 e. The van der Waals surface area contributed by atoms with Crippen LogP contribution in [0.5, 0.6) is 5.75 Å². The molecule has 3 nitrogen and oxygen atoms in total. The lowest BCUT2D eigenvalue weighted by molar-refractivity contribution is 0.126. The minimum absolute atomic E-state index is 0.269. The molecule has 0 radical (unpaired) electrons. The predicted molar refractivity (Wildman–Crippen MR) is 87.2 cm³/mol. The number of aliphatic hydroxyl groups is 1. The number of thioether (sulfide) groups is 1. The van der Waals surface area contributed by atoms with Crippen molar-refractivity contribution in [2.45, 2.75) is 11.0 Å². The minimum atomic E-state index is -0.517. The lowest BCUT2D eigenvalue weighted by atomic mass is 10.3. The Balaban J connectivity index is 1.75. The number of halogens is 1. The molecule has 0 heterocycles. The fourth-order valence-electron chi connectivity index (χ4n) is 1.55. The van der Waals surface area contributed by atoms with Gasteiger partial charge in [0.2, 0.25) is 0 Å². The second-order valence-electron chi connectivity index (χ2n) is 4.30. The fourth-order valence-corrected chi connectivity index (χ4v) is 2.97. The highest BCUT2D eigenvalue weighted by Gasteiger charge is 2.06. The highest BCUT2D eigenvalue weighted by molar-refractivity contribution is 9.10. The Kier molecular flexibility index (Phi) is 5.76. The van der Waals surface area contributed by atoms with Crippen LogP contribution in [0.1, 0.15) is 0 Å². The third-order valence-corrected chi connectivity index (χ3v) is 4.19. The molecule has 0 aliphatic rings. The van der Waals surface area contributed by atoms with E-state index >= 15 is 0 Å². The smallest absolute Gasteiger partial charge is 0.119 e. The molecule has 0 aliphatic heterocycles. The normalized spacial score (nSPS) is 12.1. The molecule has 0 bridgehead atoms. The largest absolute Gasteiger partial charge is 0.491 e. The van der Waals surface area contributed by atoms with E-state index in [4.69, 9.17) is 10.5 Å². The molecule has 0 aromatic heterocycles. The van der Waals surface area contributed by atoms with Crippen molar-refractivity contribution in [3.8, 4) is 5.75 Å². The number of benzene rings is 2. The van der Waals surface area contributed by atoms with Crippen LogP contribution in [-0.2, 0) is 0 Å². The first-order valence-corrected chi connectivity index (χ1v) is 7.96. The van der Waals surface area contributed by atoms with Gasteiger partial charge >= 0.3 is 0 Å². The van der Waals surface area contributed by atoms with Gasteiger partial charge in [-0.2, -0.15) is 0 Å². The van der Waals surface area contributed by atoms with Crippen LogP contribution >= 0.6 is 27.7 Å². The molecule has 3 N–H and O–H groups in total. The van der Waals surface area contributed by atoms with E-state index < -0.39 is 6.10 Å². The SMILES string of the molecule is Nc1ccc(OCC(O)CSc2cccc(Br)c2)cc1. The van der Waals surface area contributed by atoms with Crippen LogP contribution in [0.25, 0.3) is 0 Å². The van der Waals surface area contributed by atoms with Gasteiger partial charge in [0.25, 0.3) is 0 Å². The summed E-state index contributed by atoms with van der Waals surface area (Å²) in [6.45, 7) is 0.269. The molecule has 2 rings (SSSR count). The summed E-state index contributed by atoms with van der Waals surface area (Å²) >= 11 is 5.03. The molecular weight excluding hydrogens is 338 g/mol. The molecule has 2 aromatic rings. The predicted octanol–water partition coefficient (Wildman–Crippen LogP) is 3.56. The van der Waals surface area contributed by atoms with E-state index in [2.05, 4.69) is 15.9 Å². The zero-order valence-electron chi connectivity index (χ0n) is 10.8. The van der Waals surface area contributed by atoms with Crippen molar-refractivity contribution in [3.05, 3.63) is 53.0 Å². The van der Waals surface area contributed by atoms with Gasteiger partial charge in [-0.15, -0.1) is 11.8 Å². The molecule has 0 amide bonds. The molecule has 2 aromatic carbocycles. The minimum Gasteiger partial charge on any atom is -0.491 e. The highest BCUT2D eigenvalue weighted by Crippen LogP contribution is 2.22. The average Bonchev–Trinajstić information content (AvgIpc) is 2.45. The second kappa shape index (κ2) is 7.57. The third kappa shape index (κ3) is 5.07. The van der Waals surface area contributed by atoms with Gasteiger partial charge in [-0.1, -0.05) is 22.0 Å². The zero-order valence-corrected chi connectivity index (χ0v) is 13.2. The number of nitrogen functional groups attached to an aromatic ring is 1. The molecule has 106 valence electrons. The first kappa shape index (κ1) is 15.2. The fraction of sp³-hybridized carbons (Fsp3) is 0.200. The van der Waals surface area contributed by atoms with Crippen molar-refractivity contribution in [3.63, 3.8) is 0 Å². The summed E-state index contributed by atoms with van der Waals surface area (Å²) in [6, 6.07) is 15.1. The number of hydrogen-bond donors (Lipinski definition) is 2. The number of nitrogens with two attached hydrogens (primary N) is 1. The van der Waals surface area contributed by atoms with E-state index in [1.807, 2.05) is 24.3 Å². The second-order valence-corrected chi connectivity index (χ2v) is 6.31. The number of rotatable bonds is 6. The van der Waals surface area contributed by atoms with Crippen molar-refractivity contribution in [1.82, 2.24) is 0 Å². The monoisotopic (exact) mass is 353 g/mol. The van der Waals surface area contributed by atoms with Gasteiger partial charge in [-0.25, -0.2) is 0 Å². The van der Waals surface area contributed by atoms with Gasteiger partial charge in [0.05, 0.1) is 6.10 Å². The van der Waals surface area contributed by atoms with Gasteiger partial charge in [-0.05, 0) is 42.5 Å². The molecular formula is C15H16BrNO2S. The Morgan fingerprint density at radius 2 is 1.95 bits per heavy atom. The highest BCUT2D eigenvalue weighted by atomic mass is 79.9. The number of hydrogen-bond acceptors (Lipinski definition) is 4. The molecule has 0 saturated carbocycles. The molecule has 1 atom stereocenters. The van der Waals surface area contributed by atoms with Gasteiger partial charge < -0.3 is 15.6 Å². The standard InChI is InChI=1S/C15H16BrNO2S/c16-11-2-1-3-15(8-11)20-10-13(18)9-19-14-6-4-12(17)5-7-14/h1-8,13,18H,9-10,17H2. The van der Waals surface area contributed by atoms with Crippen molar-refractivity contribution >= 4 is 33.4 Å². The van der Waals surface area contributed by atoms with Crippen LogP contribution in [0.2, 0.25) is 0 Å². The third-order valence-electron chi connectivity index (χ3n) is 2.56. The quantitative estimate of drug-likeness (QED) is 0.615. The van der Waals surface area contributed by atoms with Crippen LogP contribution in [-0.4, -0.2) is 23.6 Å². The molecule has 0 saturated heterocycles. The summed E-state index contributed by atoms with van der Waals surface area (Å²) in [5.41, 5.74) is 6.29. The average molecular weight is 354 g/mol. The Hall–Kier alpha value is -1.17.